The molecule has 8 heteroatoms. The van der Waals surface area contributed by atoms with E-state index in [1.807, 2.05) is 73.7 Å². The summed E-state index contributed by atoms with van der Waals surface area (Å²) < 4.78 is 1.57. The second-order valence-corrected chi connectivity index (χ2v) is 10.6. The Bertz CT molecular complexity index is 1340. The molecule has 2 N–H and O–H groups in total. The number of anilines is 1. The number of amides is 1. The van der Waals surface area contributed by atoms with Crippen LogP contribution in [0.5, 0.6) is 0 Å². The lowest BCUT2D eigenvalue weighted by atomic mass is 9.74. The number of halogens is 2. The second-order valence-electron chi connectivity index (χ2n) is 9.71. The van der Waals surface area contributed by atoms with Gasteiger partial charge in [0.2, 0.25) is 5.91 Å². The van der Waals surface area contributed by atoms with Gasteiger partial charge in [-0.3, -0.25) is 9.59 Å². The molecular weight excluding hydrogens is 497 g/mol. The van der Waals surface area contributed by atoms with Crippen molar-refractivity contribution in [1.29, 1.82) is 0 Å². The molecule has 1 aromatic heterocycles. The molecule has 3 aliphatic carbocycles. The maximum Gasteiger partial charge on any atom is 0.312 e. The predicted octanol–water partition coefficient (Wildman–Crippen LogP) is 6.56. The van der Waals surface area contributed by atoms with Crippen LogP contribution in [0.4, 0.5) is 5.82 Å². The third-order valence-electron chi connectivity index (χ3n) is 7.88. The van der Waals surface area contributed by atoms with Crippen molar-refractivity contribution >= 4 is 46.5 Å². The summed E-state index contributed by atoms with van der Waals surface area (Å²) in [6.07, 6.45) is 15.2. The van der Waals surface area contributed by atoms with E-state index in [-0.39, 0.29) is 23.2 Å². The number of carboxylic acids is 1. The third-order valence-corrected chi connectivity index (χ3v) is 8.49. The summed E-state index contributed by atoms with van der Waals surface area (Å²) in [5, 5.41) is 18.6. The lowest BCUT2D eigenvalue weighted by Gasteiger charge is -2.40. The first-order chi connectivity index (χ1) is 17.3. The maximum atomic E-state index is 13.5. The Balaban J connectivity index is 1.59. The smallest absolute Gasteiger partial charge is 0.312 e. The number of carbonyl (C=O) groups excluding carboxylic acids is 1. The SMILES string of the molecule is CCC1(C(=O)Nc2c(Cl)cnn2[C@@]2(C3(C(=O)O)CC3)C=CC(c3ccccc3)=C(Cl)C2)C=CC=CC1. The van der Waals surface area contributed by atoms with Gasteiger partial charge in [0.15, 0.2) is 5.82 Å². The number of allylic oxidation sites excluding steroid dienone is 7. The van der Waals surface area contributed by atoms with Gasteiger partial charge >= 0.3 is 5.97 Å². The minimum Gasteiger partial charge on any atom is -0.481 e. The number of rotatable bonds is 7. The van der Waals surface area contributed by atoms with Crippen LogP contribution >= 0.6 is 23.2 Å². The number of aromatic nitrogens is 2. The van der Waals surface area contributed by atoms with Crippen LogP contribution in [0.15, 0.2) is 78.0 Å². The molecule has 186 valence electrons. The summed E-state index contributed by atoms with van der Waals surface area (Å²) in [6.45, 7) is 1.96. The number of aliphatic carboxylic acids is 1. The molecule has 2 aromatic rings. The van der Waals surface area contributed by atoms with E-state index in [9.17, 15) is 14.7 Å². The van der Waals surface area contributed by atoms with Gasteiger partial charge in [-0.25, -0.2) is 4.68 Å². The monoisotopic (exact) mass is 523 g/mol. The normalized spacial score (nSPS) is 26.2. The number of hydrogen-bond acceptors (Lipinski definition) is 3. The van der Waals surface area contributed by atoms with Crippen LogP contribution in [0.1, 0.15) is 44.6 Å². The van der Waals surface area contributed by atoms with E-state index in [2.05, 4.69) is 10.4 Å². The maximum absolute atomic E-state index is 13.5. The van der Waals surface area contributed by atoms with E-state index >= 15 is 0 Å². The molecule has 1 amide bonds. The summed E-state index contributed by atoms with van der Waals surface area (Å²) in [6, 6.07) is 9.72. The second kappa shape index (κ2) is 9.09. The molecule has 0 aliphatic heterocycles. The minimum atomic E-state index is -1.13. The highest BCUT2D eigenvalue weighted by Crippen LogP contribution is 2.63. The predicted molar refractivity (Wildman–Crippen MR) is 142 cm³/mol. The van der Waals surface area contributed by atoms with Crippen molar-refractivity contribution in [2.24, 2.45) is 10.8 Å². The van der Waals surface area contributed by atoms with Crippen LogP contribution in [0.3, 0.4) is 0 Å². The van der Waals surface area contributed by atoms with Crippen molar-refractivity contribution in [3.8, 4) is 0 Å². The Morgan fingerprint density at radius 2 is 1.89 bits per heavy atom. The number of hydrogen-bond donors (Lipinski definition) is 2. The van der Waals surface area contributed by atoms with Gasteiger partial charge in [0.1, 0.15) is 10.6 Å². The van der Waals surface area contributed by atoms with Crippen molar-refractivity contribution < 1.29 is 14.7 Å². The van der Waals surface area contributed by atoms with E-state index in [1.54, 1.807) is 4.68 Å². The highest BCUT2D eigenvalue weighted by Gasteiger charge is 2.66. The molecule has 0 spiro atoms. The standard InChI is InChI=1S/C28H27Cl2N3O3/c1-2-26(12-7-4-8-13-26)24(34)32-23-22(30)18-31-33(23)28(27(15-16-27)25(35)36)14-11-20(21(29)17-28)19-9-5-3-6-10-19/h3-12,14,18H,2,13,15-17H2,1H3,(H,32,34)(H,35,36)/t26?,28-/m0/s1. The van der Waals surface area contributed by atoms with Crippen LogP contribution in [-0.4, -0.2) is 26.8 Å². The number of carboxylic acid groups (broad SMARTS) is 1. The number of nitrogens with zero attached hydrogens (tertiary/aromatic N) is 2. The van der Waals surface area contributed by atoms with Gasteiger partial charge in [0.25, 0.3) is 0 Å². The minimum absolute atomic E-state index is 0.212. The molecule has 1 unspecified atom stereocenters. The molecule has 1 saturated carbocycles. The van der Waals surface area contributed by atoms with Crippen molar-refractivity contribution in [2.45, 2.75) is 44.6 Å². The molecule has 5 rings (SSSR count). The highest BCUT2D eigenvalue weighted by molar-refractivity contribution is 6.34. The largest absolute Gasteiger partial charge is 0.481 e. The Morgan fingerprint density at radius 1 is 1.14 bits per heavy atom. The van der Waals surface area contributed by atoms with Crippen molar-refractivity contribution in [2.75, 3.05) is 5.32 Å². The molecule has 0 saturated heterocycles. The van der Waals surface area contributed by atoms with Crippen molar-refractivity contribution in [1.82, 2.24) is 9.78 Å². The van der Waals surface area contributed by atoms with E-state index in [1.165, 1.54) is 6.20 Å². The Hall–Kier alpha value is -3.09. The van der Waals surface area contributed by atoms with Gasteiger partial charge in [-0.05, 0) is 36.8 Å². The Kier molecular flexibility index (Phi) is 6.21. The van der Waals surface area contributed by atoms with E-state index in [4.69, 9.17) is 23.2 Å². The van der Waals surface area contributed by atoms with Gasteiger partial charge in [-0.2, -0.15) is 5.10 Å². The lowest BCUT2D eigenvalue weighted by molar-refractivity contribution is -0.147. The van der Waals surface area contributed by atoms with Crippen LogP contribution < -0.4 is 5.32 Å². The summed E-state index contributed by atoms with van der Waals surface area (Å²) in [5.74, 6) is -0.854. The van der Waals surface area contributed by atoms with Crippen LogP contribution in [0.2, 0.25) is 5.02 Å². The summed E-state index contributed by atoms with van der Waals surface area (Å²) >= 11 is 13.4. The molecule has 0 bridgehead atoms. The average Bonchev–Trinajstić information content (AvgIpc) is 3.64. The molecule has 2 atom stereocenters. The van der Waals surface area contributed by atoms with E-state index in [0.29, 0.717) is 30.7 Å². The fourth-order valence-corrected chi connectivity index (χ4v) is 5.99. The zero-order valence-electron chi connectivity index (χ0n) is 19.9. The Labute approximate surface area is 220 Å². The fraction of sp³-hybridized carbons (Fsp3) is 0.321. The first-order valence-corrected chi connectivity index (χ1v) is 12.8. The quantitative estimate of drug-likeness (QED) is 0.430. The Morgan fingerprint density at radius 3 is 2.47 bits per heavy atom. The topological polar surface area (TPSA) is 84.2 Å². The number of benzene rings is 1. The van der Waals surface area contributed by atoms with Gasteiger partial charge in [-0.1, -0.05) is 96.9 Å². The van der Waals surface area contributed by atoms with Gasteiger partial charge in [0.05, 0.1) is 17.0 Å². The zero-order valence-corrected chi connectivity index (χ0v) is 21.4. The highest BCUT2D eigenvalue weighted by atomic mass is 35.5. The van der Waals surface area contributed by atoms with Gasteiger partial charge in [-0.15, -0.1) is 0 Å². The van der Waals surface area contributed by atoms with Crippen LogP contribution in [-0.2, 0) is 15.1 Å². The summed E-state index contributed by atoms with van der Waals surface area (Å²) in [4.78, 5) is 26.2. The molecule has 1 fully saturated rings. The molecule has 6 nitrogen and oxygen atoms in total. The summed E-state index contributed by atoms with van der Waals surface area (Å²) in [7, 11) is 0. The van der Waals surface area contributed by atoms with E-state index < -0.39 is 22.3 Å². The lowest BCUT2D eigenvalue weighted by Crippen LogP contribution is -2.48. The number of nitrogens with one attached hydrogen (secondary N) is 1. The van der Waals surface area contributed by atoms with Crippen LogP contribution in [0.25, 0.3) is 5.57 Å². The average molecular weight is 524 g/mol. The van der Waals surface area contributed by atoms with Crippen molar-refractivity contribution in [3.05, 3.63) is 88.6 Å². The van der Waals surface area contributed by atoms with Crippen LogP contribution in [0, 0.1) is 10.8 Å². The van der Waals surface area contributed by atoms with Gasteiger partial charge < -0.3 is 10.4 Å². The van der Waals surface area contributed by atoms with Crippen molar-refractivity contribution in [3.63, 3.8) is 0 Å². The zero-order chi connectivity index (χ0) is 25.6. The molecule has 3 aliphatic rings. The molecule has 36 heavy (non-hydrogen) atoms. The van der Waals surface area contributed by atoms with Gasteiger partial charge in [0, 0.05) is 11.5 Å². The third kappa shape index (κ3) is 3.75. The molecule has 1 aromatic carbocycles. The molecular formula is C28H27Cl2N3O3. The molecule has 1 heterocycles. The first-order valence-electron chi connectivity index (χ1n) is 12.1. The number of carbonyl (C=O) groups is 2. The fourth-order valence-electron chi connectivity index (χ4n) is 5.44. The summed E-state index contributed by atoms with van der Waals surface area (Å²) in [5.41, 5.74) is -1.18. The first kappa shape index (κ1) is 24.6. The van der Waals surface area contributed by atoms with E-state index in [0.717, 1.165) is 11.1 Å². The molecule has 0 radical (unpaired) electrons.